The topological polar surface area (TPSA) is 57.5 Å². The largest absolute Gasteiger partial charge is 0.506 e. The maximum Gasteiger partial charge on any atom is 0.196 e. The molecule has 0 saturated carbocycles. The van der Waals surface area contributed by atoms with Crippen LogP contribution in [0.3, 0.4) is 0 Å². The molecule has 0 fully saturated rings. The fraction of sp³-hybridized carbons (Fsp3) is 0. The first kappa shape index (κ1) is 11.5. The molecule has 0 aromatic heterocycles. The Labute approximate surface area is 103 Å². The van der Waals surface area contributed by atoms with Crippen molar-refractivity contribution in [3.8, 4) is 11.5 Å². The summed E-state index contributed by atoms with van der Waals surface area (Å²) in [6.45, 7) is 0. The van der Waals surface area contributed by atoms with Gasteiger partial charge in [-0.2, -0.15) is 0 Å². The number of halogens is 1. The number of phenols is 2. The van der Waals surface area contributed by atoms with Crippen LogP contribution in [0.5, 0.6) is 11.5 Å². The predicted molar refractivity (Wildman–Crippen MR) is 64.7 cm³/mol. The summed E-state index contributed by atoms with van der Waals surface area (Å²) in [5.74, 6) is -1.00. The lowest BCUT2D eigenvalue weighted by atomic mass is 10.0. The molecule has 2 aromatic carbocycles. The lowest BCUT2D eigenvalue weighted by Gasteiger charge is -2.06. The fourth-order valence-electron chi connectivity index (χ4n) is 1.48. The Hall–Kier alpha value is -2.00. The van der Waals surface area contributed by atoms with Crippen molar-refractivity contribution in [1.29, 1.82) is 0 Å². The summed E-state index contributed by atoms with van der Waals surface area (Å²) in [6.07, 6.45) is 0. The van der Waals surface area contributed by atoms with Gasteiger partial charge in [-0.25, -0.2) is 0 Å². The highest BCUT2D eigenvalue weighted by Crippen LogP contribution is 2.36. The third-order valence-electron chi connectivity index (χ3n) is 2.38. The zero-order valence-corrected chi connectivity index (χ0v) is 9.48. The number of aromatic hydroxyl groups is 2. The smallest absolute Gasteiger partial charge is 0.196 e. The van der Waals surface area contributed by atoms with E-state index in [9.17, 15) is 15.0 Å². The second kappa shape index (κ2) is 4.47. The molecule has 0 unspecified atom stereocenters. The summed E-state index contributed by atoms with van der Waals surface area (Å²) in [7, 11) is 0. The molecule has 86 valence electrons. The molecule has 0 saturated heterocycles. The molecule has 0 aliphatic rings. The van der Waals surface area contributed by atoms with E-state index >= 15 is 0 Å². The number of rotatable bonds is 2. The van der Waals surface area contributed by atoms with E-state index in [4.69, 9.17) is 11.6 Å². The van der Waals surface area contributed by atoms with Crippen molar-refractivity contribution in [3.63, 3.8) is 0 Å². The summed E-state index contributed by atoms with van der Waals surface area (Å²) in [5, 5.41) is 18.8. The first-order valence-corrected chi connectivity index (χ1v) is 5.29. The van der Waals surface area contributed by atoms with Crippen molar-refractivity contribution in [2.24, 2.45) is 0 Å². The van der Waals surface area contributed by atoms with Crippen LogP contribution in [0.4, 0.5) is 0 Å². The van der Waals surface area contributed by atoms with Gasteiger partial charge in [0.2, 0.25) is 0 Å². The molecule has 2 N–H and O–H groups in total. The van der Waals surface area contributed by atoms with Crippen LogP contribution < -0.4 is 0 Å². The van der Waals surface area contributed by atoms with Crippen molar-refractivity contribution in [1.82, 2.24) is 0 Å². The monoisotopic (exact) mass is 248 g/mol. The number of carbonyl (C=O) groups is 1. The van der Waals surface area contributed by atoms with Crippen LogP contribution in [-0.2, 0) is 0 Å². The molecule has 0 atom stereocenters. The Morgan fingerprint density at radius 3 is 2.29 bits per heavy atom. The van der Waals surface area contributed by atoms with Crippen molar-refractivity contribution < 1.29 is 15.0 Å². The highest BCUT2D eigenvalue weighted by molar-refractivity contribution is 6.34. The van der Waals surface area contributed by atoms with E-state index < -0.39 is 5.75 Å². The van der Waals surface area contributed by atoms with E-state index in [1.54, 1.807) is 30.3 Å². The molecular formula is C13H9ClO3. The minimum Gasteiger partial charge on any atom is -0.506 e. The highest BCUT2D eigenvalue weighted by Gasteiger charge is 2.17. The van der Waals surface area contributed by atoms with Crippen LogP contribution in [0.2, 0.25) is 5.02 Å². The molecule has 0 spiro atoms. The van der Waals surface area contributed by atoms with Gasteiger partial charge in [0.25, 0.3) is 0 Å². The van der Waals surface area contributed by atoms with Crippen molar-refractivity contribution in [2.45, 2.75) is 0 Å². The Bertz CT molecular complexity index is 564. The number of hydrogen-bond donors (Lipinski definition) is 2. The number of ketones is 1. The summed E-state index contributed by atoms with van der Waals surface area (Å²) >= 11 is 5.66. The average molecular weight is 249 g/mol. The van der Waals surface area contributed by atoms with Crippen LogP contribution in [0.25, 0.3) is 0 Å². The zero-order valence-electron chi connectivity index (χ0n) is 8.72. The lowest BCUT2D eigenvalue weighted by Crippen LogP contribution is -2.01. The molecule has 0 aliphatic heterocycles. The van der Waals surface area contributed by atoms with E-state index in [0.717, 1.165) is 0 Å². The number of phenolic OH excluding ortho intramolecular Hbond substituents is 2. The standard InChI is InChI=1S/C13H9ClO3/c14-11-10(15)7-6-9(13(11)17)12(16)8-4-2-1-3-5-8/h1-7,15,17H. The molecule has 17 heavy (non-hydrogen) atoms. The molecule has 0 heterocycles. The minimum atomic E-state index is -0.402. The summed E-state index contributed by atoms with van der Waals surface area (Å²) < 4.78 is 0. The van der Waals surface area contributed by atoms with E-state index in [0.29, 0.717) is 5.56 Å². The molecule has 0 amide bonds. The van der Waals surface area contributed by atoms with E-state index in [2.05, 4.69) is 0 Å². The van der Waals surface area contributed by atoms with Crippen molar-refractivity contribution >= 4 is 17.4 Å². The molecule has 2 aromatic rings. The maximum absolute atomic E-state index is 12.0. The second-order valence-corrected chi connectivity index (χ2v) is 3.87. The van der Waals surface area contributed by atoms with Crippen molar-refractivity contribution in [2.75, 3.05) is 0 Å². The highest BCUT2D eigenvalue weighted by atomic mass is 35.5. The van der Waals surface area contributed by atoms with Crippen LogP contribution in [0, 0.1) is 0 Å². The molecule has 4 heteroatoms. The molecule has 0 bridgehead atoms. The van der Waals surface area contributed by atoms with E-state index in [-0.39, 0.29) is 22.1 Å². The summed E-state index contributed by atoms with van der Waals surface area (Å²) in [6, 6.07) is 11.1. The fourth-order valence-corrected chi connectivity index (χ4v) is 1.65. The van der Waals surface area contributed by atoms with Gasteiger partial charge in [-0.1, -0.05) is 41.9 Å². The first-order valence-electron chi connectivity index (χ1n) is 4.91. The van der Waals surface area contributed by atoms with Gasteiger partial charge in [-0.05, 0) is 12.1 Å². The number of carbonyl (C=O) groups excluding carboxylic acids is 1. The lowest BCUT2D eigenvalue weighted by molar-refractivity contribution is 0.103. The van der Waals surface area contributed by atoms with E-state index in [1.807, 2.05) is 0 Å². The first-order chi connectivity index (χ1) is 8.11. The number of hydrogen-bond acceptors (Lipinski definition) is 3. The normalized spacial score (nSPS) is 10.2. The molecular weight excluding hydrogens is 240 g/mol. The van der Waals surface area contributed by atoms with Gasteiger partial charge in [0, 0.05) is 5.56 Å². The molecule has 0 aliphatic carbocycles. The Morgan fingerprint density at radius 2 is 1.65 bits per heavy atom. The molecule has 2 rings (SSSR count). The van der Waals surface area contributed by atoms with Crippen LogP contribution in [0.1, 0.15) is 15.9 Å². The van der Waals surface area contributed by atoms with Gasteiger partial charge >= 0.3 is 0 Å². The average Bonchev–Trinajstić information content (AvgIpc) is 2.36. The van der Waals surface area contributed by atoms with E-state index in [1.165, 1.54) is 12.1 Å². The van der Waals surface area contributed by atoms with Gasteiger partial charge in [-0.3, -0.25) is 4.79 Å². The zero-order chi connectivity index (χ0) is 12.4. The van der Waals surface area contributed by atoms with Crippen LogP contribution >= 0.6 is 11.6 Å². The third kappa shape index (κ3) is 2.10. The summed E-state index contributed by atoms with van der Waals surface area (Å²) in [5.41, 5.74) is 0.517. The predicted octanol–water partition coefficient (Wildman–Crippen LogP) is 2.98. The second-order valence-electron chi connectivity index (χ2n) is 3.49. The van der Waals surface area contributed by atoms with Gasteiger partial charge in [-0.15, -0.1) is 0 Å². The van der Waals surface area contributed by atoms with Crippen molar-refractivity contribution in [3.05, 3.63) is 58.6 Å². The minimum absolute atomic E-state index is 0.0685. The SMILES string of the molecule is O=C(c1ccccc1)c1ccc(O)c(Cl)c1O. The third-order valence-corrected chi connectivity index (χ3v) is 2.75. The Morgan fingerprint density at radius 1 is 1.00 bits per heavy atom. The van der Waals surface area contributed by atoms with Gasteiger partial charge in [0.05, 0.1) is 5.56 Å². The molecule has 3 nitrogen and oxygen atoms in total. The Kier molecular flexibility index (Phi) is 3.02. The summed E-state index contributed by atoms with van der Waals surface area (Å²) in [4.78, 5) is 12.0. The number of benzene rings is 2. The van der Waals surface area contributed by atoms with Crippen LogP contribution in [0.15, 0.2) is 42.5 Å². The van der Waals surface area contributed by atoms with Gasteiger partial charge < -0.3 is 10.2 Å². The molecule has 0 radical (unpaired) electrons. The van der Waals surface area contributed by atoms with Gasteiger partial charge in [0.15, 0.2) is 5.78 Å². The van der Waals surface area contributed by atoms with Crippen LogP contribution in [-0.4, -0.2) is 16.0 Å². The van der Waals surface area contributed by atoms with Gasteiger partial charge in [0.1, 0.15) is 16.5 Å². The quantitative estimate of drug-likeness (QED) is 0.804. The maximum atomic E-state index is 12.0. The Balaban J connectivity index is 2.49.